The summed E-state index contributed by atoms with van der Waals surface area (Å²) in [6, 6.07) is 12.2. The molecule has 31 heavy (non-hydrogen) atoms. The second-order valence-corrected chi connectivity index (χ2v) is 8.51. The predicted molar refractivity (Wildman–Crippen MR) is 119 cm³/mol. The molecule has 1 aliphatic rings. The molecule has 0 fully saturated rings. The van der Waals surface area contributed by atoms with Crippen molar-refractivity contribution in [2.24, 2.45) is 0 Å². The topological polar surface area (TPSA) is 84.2 Å². The average molecular weight is 422 g/mol. The minimum atomic E-state index is -0.353. The van der Waals surface area contributed by atoms with Gasteiger partial charge in [0.25, 0.3) is 5.91 Å². The molecule has 164 valence electrons. The Bertz CT molecular complexity index is 949. The zero-order valence-corrected chi connectivity index (χ0v) is 18.7. The Morgan fingerprint density at radius 2 is 2.03 bits per heavy atom. The van der Waals surface area contributed by atoms with Crippen LogP contribution in [0.5, 0.6) is 5.88 Å². The smallest absolute Gasteiger partial charge is 0.258 e. The van der Waals surface area contributed by atoms with Crippen molar-refractivity contribution in [3.05, 3.63) is 58.3 Å². The first-order chi connectivity index (χ1) is 14.9. The van der Waals surface area contributed by atoms with E-state index in [2.05, 4.69) is 23.3 Å². The van der Waals surface area contributed by atoms with E-state index < -0.39 is 0 Å². The first kappa shape index (κ1) is 22.8. The first-order valence-corrected chi connectivity index (χ1v) is 11.0. The highest BCUT2D eigenvalue weighted by Gasteiger charge is 2.32. The third-order valence-corrected chi connectivity index (χ3v) is 5.47. The number of nitriles is 1. The number of carbonyl (C=O) groups is 1. The Morgan fingerprint density at radius 3 is 2.74 bits per heavy atom. The molecule has 6 heteroatoms. The van der Waals surface area contributed by atoms with Crippen molar-refractivity contribution in [2.75, 3.05) is 13.2 Å². The van der Waals surface area contributed by atoms with E-state index in [0.29, 0.717) is 25.1 Å². The van der Waals surface area contributed by atoms with Crippen molar-refractivity contribution >= 4 is 5.91 Å². The molecule has 1 aromatic carbocycles. The number of aryl methyl sites for hydroxylation is 1. The van der Waals surface area contributed by atoms with Gasteiger partial charge in [-0.25, -0.2) is 4.98 Å². The summed E-state index contributed by atoms with van der Waals surface area (Å²) in [7, 11) is 0. The van der Waals surface area contributed by atoms with E-state index in [1.54, 1.807) is 0 Å². The summed E-state index contributed by atoms with van der Waals surface area (Å²) in [5, 5.41) is 12.7. The highest BCUT2D eigenvalue weighted by molar-refractivity contribution is 5.77. The van der Waals surface area contributed by atoms with Gasteiger partial charge < -0.3 is 14.8 Å². The molecule has 0 unspecified atom stereocenters. The zero-order valence-electron chi connectivity index (χ0n) is 18.7. The van der Waals surface area contributed by atoms with Gasteiger partial charge in [0.15, 0.2) is 6.61 Å². The van der Waals surface area contributed by atoms with E-state index >= 15 is 0 Å². The Hall–Kier alpha value is -2.91. The van der Waals surface area contributed by atoms with Crippen LogP contribution in [0.3, 0.4) is 0 Å². The van der Waals surface area contributed by atoms with Crippen LogP contribution in [0.1, 0.15) is 61.6 Å². The lowest BCUT2D eigenvalue weighted by Crippen LogP contribution is -2.34. The molecular formula is C25H31N3O3. The van der Waals surface area contributed by atoms with E-state index in [-0.39, 0.29) is 24.0 Å². The van der Waals surface area contributed by atoms with Gasteiger partial charge in [0.05, 0.1) is 17.9 Å². The molecule has 1 aliphatic heterocycles. The molecule has 6 nitrogen and oxygen atoms in total. The fourth-order valence-electron chi connectivity index (χ4n) is 3.76. The molecule has 0 aliphatic carbocycles. The van der Waals surface area contributed by atoms with Crippen LogP contribution in [-0.2, 0) is 35.4 Å². The summed E-state index contributed by atoms with van der Waals surface area (Å²) < 4.78 is 11.7. The van der Waals surface area contributed by atoms with Crippen LogP contribution in [0.4, 0.5) is 0 Å². The Kier molecular flexibility index (Phi) is 7.64. The van der Waals surface area contributed by atoms with E-state index in [1.165, 1.54) is 0 Å². The summed E-state index contributed by atoms with van der Waals surface area (Å²) in [5.74, 6) is 0.0291. The van der Waals surface area contributed by atoms with Gasteiger partial charge in [0, 0.05) is 18.5 Å². The third kappa shape index (κ3) is 6.05. The lowest BCUT2D eigenvalue weighted by molar-refractivity contribution is -0.123. The lowest BCUT2D eigenvalue weighted by atomic mass is 9.87. The molecule has 3 rings (SSSR count). The average Bonchev–Trinajstić information content (AvgIpc) is 2.75. The highest BCUT2D eigenvalue weighted by atomic mass is 16.5. The number of carbonyl (C=O) groups excluding carboxylic acids is 1. The number of hydrogen-bond acceptors (Lipinski definition) is 5. The van der Waals surface area contributed by atoms with E-state index in [0.717, 1.165) is 48.1 Å². The molecule has 0 spiro atoms. The van der Waals surface area contributed by atoms with Crippen LogP contribution >= 0.6 is 0 Å². The lowest BCUT2D eigenvalue weighted by Gasteiger charge is -2.33. The molecule has 1 aromatic heterocycles. The van der Waals surface area contributed by atoms with Gasteiger partial charge in [-0.15, -0.1) is 0 Å². The Labute approximate surface area is 184 Å². The minimum Gasteiger partial charge on any atom is -0.467 e. The monoisotopic (exact) mass is 421 g/mol. The SMILES string of the molecule is CCCCc1nc(OCC(=O)NCCc2ccccc2)c(C#N)c2c1COC(C)(C)C2. The van der Waals surface area contributed by atoms with Crippen molar-refractivity contribution in [3.8, 4) is 11.9 Å². The predicted octanol–water partition coefficient (Wildman–Crippen LogP) is 3.88. The summed E-state index contributed by atoms with van der Waals surface area (Å²) in [6.07, 6.45) is 4.21. The van der Waals surface area contributed by atoms with Crippen LogP contribution in [0.2, 0.25) is 0 Å². The van der Waals surface area contributed by atoms with Crippen molar-refractivity contribution in [1.29, 1.82) is 5.26 Å². The number of rotatable bonds is 9. The molecule has 0 saturated carbocycles. The van der Waals surface area contributed by atoms with Crippen LogP contribution < -0.4 is 10.1 Å². The number of fused-ring (bicyclic) bond motifs is 1. The van der Waals surface area contributed by atoms with Gasteiger partial charge in [0.1, 0.15) is 11.6 Å². The quantitative estimate of drug-likeness (QED) is 0.664. The summed E-state index contributed by atoms with van der Waals surface area (Å²) in [6.45, 7) is 6.98. The van der Waals surface area contributed by atoms with E-state index in [4.69, 9.17) is 9.47 Å². The van der Waals surface area contributed by atoms with Gasteiger partial charge in [0.2, 0.25) is 5.88 Å². The normalized spacial score (nSPS) is 14.4. The molecule has 0 radical (unpaired) electrons. The maximum absolute atomic E-state index is 12.3. The second kappa shape index (κ2) is 10.4. The molecule has 0 bridgehead atoms. The van der Waals surface area contributed by atoms with Crippen LogP contribution in [0.15, 0.2) is 30.3 Å². The standard InChI is InChI=1S/C25H31N3O3/c1-4-5-11-22-21-16-31-25(2,3)14-19(21)20(15-26)24(28-22)30-17-23(29)27-13-12-18-9-7-6-8-10-18/h6-10H,4-5,11-14,16-17H2,1-3H3,(H,27,29). The number of benzene rings is 1. The molecule has 0 saturated heterocycles. The third-order valence-electron chi connectivity index (χ3n) is 5.47. The molecule has 0 atom stereocenters. The Balaban J connectivity index is 1.71. The van der Waals surface area contributed by atoms with Crippen molar-refractivity contribution in [2.45, 2.75) is 65.1 Å². The maximum atomic E-state index is 12.3. The zero-order chi connectivity index (χ0) is 22.3. The van der Waals surface area contributed by atoms with Crippen LogP contribution in [0.25, 0.3) is 0 Å². The number of hydrogen-bond donors (Lipinski definition) is 1. The van der Waals surface area contributed by atoms with E-state index in [1.807, 2.05) is 44.2 Å². The second-order valence-electron chi connectivity index (χ2n) is 8.51. The van der Waals surface area contributed by atoms with Crippen LogP contribution in [0, 0.1) is 11.3 Å². The minimum absolute atomic E-state index is 0.164. The van der Waals surface area contributed by atoms with Gasteiger partial charge >= 0.3 is 0 Å². The highest BCUT2D eigenvalue weighted by Crippen LogP contribution is 2.35. The summed E-state index contributed by atoms with van der Waals surface area (Å²) >= 11 is 0. The van der Waals surface area contributed by atoms with Gasteiger partial charge in [-0.05, 0) is 44.2 Å². The number of pyridine rings is 1. The number of nitrogens with one attached hydrogen (secondary N) is 1. The summed E-state index contributed by atoms with van der Waals surface area (Å²) in [5.41, 5.74) is 4.09. The molecule has 1 N–H and O–H groups in total. The van der Waals surface area contributed by atoms with Crippen LogP contribution in [-0.4, -0.2) is 29.6 Å². The largest absolute Gasteiger partial charge is 0.467 e. The first-order valence-electron chi connectivity index (χ1n) is 11.0. The molecular weight excluding hydrogens is 390 g/mol. The van der Waals surface area contributed by atoms with E-state index in [9.17, 15) is 10.1 Å². The number of aromatic nitrogens is 1. The van der Waals surface area contributed by atoms with Crippen molar-refractivity contribution in [1.82, 2.24) is 10.3 Å². The molecule has 2 aromatic rings. The summed E-state index contributed by atoms with van der Waals surface area (Å²) in [4.78, 5) is 16.9. The number of amides is 1. The van der Waals surface area contributed by atoms with Gasteiger partial charge in [-0.1, -0.05) is 43.7 Å². The van der Waals surface area contributed by atoms with Gasteiger partial charge in [-0.2, -0.15) is 5.26 Å². The maximum Gasteiger partial charge on any atom is 0.258 e. The molecule has 1 amide bonds. The molecule has 2 heterocycles. The fraction of sp³-hybridized carbons (Fsp3) is 0.480. The number of nitrogens with zero attached hydrogens (tertiary/aromatic N) is 2. The number of ether oxygens (including phenoxy) is 2. The van der Waals surface area contributed by atoms with Gasteiger partial charge in [-0.3, -0.25) is 4.79 Å². The van der Waals surface area contributed by atoms with Crippen molar-refractivity contribution < 1.29 is 14.3 Å². The Morgan fingerprint density at radius 1 is 1.26 bits per heavy atom. The van der Waals surface area contributed by atoms with Crippen molar-refractivity contribution in [3.63, 3.8) is 0 Å². The fourth-order valence-corrected chi connectivity index (χ4v) is 3.76. The number of unbranched alkanes of at least 4 members (excludes halogenated alkanes) is 1.